The lowest BCUT2D eigenvalue weighted by atomic mass is 10.1. The molecule has 1 atom stereocenters. The molecule has 3 heteroatoms. The molecule has 14 heavy (non-hydrogen) atoms. The molecule has 0 radical (unpaired) electrons. The zero-order chi connectivity index (χ0) is 10.9. The Labute approximate surface area is 87.8 Å². The van der Waals surface area contributed by atoms with E-state index in [-0.39, 0.29) is 12.1 Å². The fraction of sp³-hybridized carbons (Fsp3) is 1.00. The van der Waals surface area contributed by atoms with Gasteiger partial charge in [-0.25, -0.2) is 0 Å². The third-order valence-electron chi connectivity index (χ3n) is 2.21. The lowest BCUT2D eigenvalue weighted by molar-refractivity contribution is 0.0434. The van der Waals surface area contributed by atoms with Gasteiger partial charge in [0.05, 0.1) is 18.8 Å². The smallest absolute Gasteiger partial charge is 0.0668 e. The number of rotatable bonds is 9. The Bertz CT molecular complexity index is 130. The number of aliphatic hydroxyl groups is 1. The van der Waals surface area contributed by atoms with Gasteiger partial charge in [0.2, 0.25) is 0 Å². The van der Waals surface area contributed by atoms with E-state index in [0.29, 0.717) is 6.61 Å². The highest BCUT2D eigenvalue weighted by Crippen LogP contribution is 2.04. The van der Waals surface area contributed by atoms with Crippen LogP contribution < -0.4 is 5.32 Å². The van der Waals surface area contributed by atoms with Gasteiger partial charge in [-0.3, -0.25) is 0 Å². The molecule has 1 unspecified atom stereocenters. The van der Waals surface area contributed by atoms with Crippen LogP contribution in [0.15, 0.2) is 0 Å². The number of aliphatic hydroxyl groups excluding tert-OH is 1. The summed E-state index contributed by atoms with van der Waals surface area (Å²) in [7, 11) is 0. The Morgan fingerprint density at radius 2 is 2.00 bits per heavy atom. The minimum atomic E-state index is -0.274. The lowest BCUT2D eigenvalue weighted by Gasteiger charge is -2.28. The quantitative estimate of drug-likeness (QED) is 0.559. The van der Waals surface area contributed by atoms with Crippen molar-refractivity contribution in [3.05, 3.63) is 0 Å². The van der Waals surface area contributed by atoms with Gasteiger partial charge < -0.3 is 15.2 Å². The Hall–Kier alpha value is -0.120. The van der Waals surface area contributed by atoms with Crippen LogP contribution >= 0.6 is 0 Å². The van der Waals surface area contributed by atoms with E-state index in [4.69, 9.17) is 4.74 Å². The van der Waals surface area contributed by atoms with Crippen LogP contribution in [0.3, 0.4) is 0 Å². The lowest BCUT2D eigenvalue weighted by Crippen LogP contribution is -2.50. The van der Waals surface area contributed by atoms with Gasteiger partial charge in [-0.15, -0.1) is 0 Å². The first-order chi connectivity index (χ1) is 6.68. The molecule has 0 bridgehead atoms. The molecule has 0 aromatic rings. The summed E-state index contributed by atoms with van der Waals surface area (Å²) in [5, 5.41) is 12.5. The topological polar surface area (TPSA) is 41.5 Å². The van der Waals surface area contributed by atoms with Gasteiger partial charge in [0.15, 0.2) is 0 Å². The zero-order valence-corrected chi connectivity index (χ0v) is 9.81. The van der Waals surface area contributed by atoms with Crippen LogP contribution in [0.5, 0.6) is 0 Å². The Morgan fingerprint density at radius 3 is 2.50 bits per heavy atom. The summed E-state index contributed by atoms with van der Waals surface area (Å²) >= 11 is 0. The number of unbranched alkanes of at least 4 members (excludes halogenated alkanes) is 1. The molecule has 0 spiro atoms. The van der Waals surface area contributed by atoms with E-state index in [9.17, 15) is 5.11 Å². The molecule has 0 amide bonds. The molecular formula is C11H25NO2. The molecule has 0 aliphatic heterocycles. The molecule has 3 nitrogen and oxygen atoms in total. The molecule has 0 fully saturated rings. The van der Waals surface area contributed by atoms with Crippen LogP contribution in [0, 0.1) is 0 Å². The monoisotopic (exact) mass is 203 g/mol. The SMILES string of the molecule is CCCCOCC(C)(CO)NCCC. The van der Waals surface area contributed by atoms with Crippen molar-refractivity contribution < 1.29 is 9.84 Å². The van der Waals surface area contributed by atoms with Crippen molar-refractivity contribution in [2.75, 3.05) is 26.4 Å². The summed E-state index contributed by atoms with van der Waals surface area (Å²) < 4.78 is 5.50. The van der Waals surface area contributed by atoms with Gasteiger partial charge in [-0.1, -0.05) is 20.3 Å². The minimum absolute atomic E-state index is 0.124. The van der Waals surface area contributed by atoms with Gasteiger partial charge >= 0.3 is 0 Å². The van der Waals surface area contributed by atoms with Crippen LogP contribution in [0.1, 0.15) is 40.0 Å². The molecule has 0 saturated heterocycles. The molecule has 0 aromatic heterocycles. The van der Waals surface area contributed by atoms with Gasteiger partial charge in [0, 0.05) is 6.61 Å². The summed E-state index contributed by atoms with van der Waals surface area (Å²) in [6.45, 7) is 8.68. The summed E-state index contributed by atoms with van der Waals surface area (Å²) in [5.41, 5.74) is -0.274. The number of nitrogens with one attached hydrogen (secondary N) is 1. The third kappa shape index (κ3) is 6.35. The zero-order valence-electron chi connectivity index (χ0n) is 9.81. The van der Waals surface area contributed by atoms with Gasteiger partial charge in [0.1, 0.15) is 0 Å². The second-order valence-electron chi connectivity index (χ2n) is 4.05. The van der Waals surface area contributed by atoms with Crippen LogP contribution in [-0.2, 0) is 4.74 Å². The fourth-order valence-corrected chi connectivity index (χ4v) is 1.12. The third-order valence-corrected chi connectivity index (χ3v) is 2.21. The predicted octanol–water partition coefficient (Wildman–Crippen LogP) is 1.55. The van der Waals surface area contributed by atoms with Crippen LogP contribution in [0.2, 0.25) is 0 Å². The fourth-order valence-electron chi connectivity index (χ4n) is 1.12. The van der Waals surface area contributed by atoms with Crippen LogP contribution in [-0.4, -0.2) is 37.0 Å². The Kier molecular flexibility index (Phi) is 8.14. The predicted molar refractivity (Wildman–Crippen MR) is 59.5 cm³/mol. The molecule has 0 aliphatic carbocycles. The van der Waals surface area contributed by atoms with Gasteiger partial charge in [0.25, 0.3) is 0 Å². The maximum atomic E-state index is 9.23. The second-order valence-corrected chi connectivity index (χ2v) is 4.05. The maximum absolute atomic E-state index is 9.23. The summed E-state index contributed by atoms with van der Waals surface area (Å²) in [6, 6.07) is 0. The van der Waals surface area contributed by atoms with E-state index >= 15 is 0 Å². The molecule has 0 aliphatic rings. The molecule has 0 rings (SSSR count). The van der Waals surface area contributed by atoms with Crippen molar-refractivity contribution >= 4 is 0 Å². The first-order valence-corrected chi connectivity index (χ1v) is 5.62. The average molecular weight is 203 g/mol. The van der Waals surface area contributed by atoms with Crippen molar-refractivity contribution in [3.8, 4) is 0 Å². The molecule has 86 valence electrons. The normalized spacial score (nSPS) is 15.4. The van der Waals surface area contributed by atoms with E-state index in [1.807, 2.05) is 6.92 Å². The average Bonchev–Trinajstić information content (AvgIpc) is 2.22. The highest BCUT2D eigenvalue weighted by Gasteiger charge is 2.21. The van der Waals surface area contributed by atoms with E-state index in [1.165, 1.54) is 0 Å². The van der Waals surface area contributed by atoms with E-state index < -0.39 is 0 Å². The molecule has 0 heterocycles. The number of ether oxygens (including phenoxy) is 1. The summed E-state index contributed by atoms with van der Waals surface area (Å²) in [6.07, 6.45) is 3.32. The summed E-state index contributed by atoms with van der Waals surface area (Å²) in [5.74, 6) is 0. The first kappa shape index (κ1) is 13.9. The van der Waals surface area contributed by atoms with Gasteiger partial charge in [-0.2, -0.15) is 0 Å². The van der Waals surface area contributed by atoms with Crippen LogP contribution in [0.4, 0.5) is 0 Å². The van der Waals surface area contributed by atoms with Gasteiger partial charge in [-0.05, 0) is 26.3 Å². The highest BCUT2D eigenvalue weighted by molar-refractivity contribution is 4.81. The van der Waals surface area contributed by atoms with Crippen molar-refractivity contribution in [1.82, 2.24) is 5.32 Å². The standard InChI is InChI=1S/C11H25NO2/c1-4-6-8-14-10-11(3,9-13)12-7-5-2/h12-13H,4-10H2,1-3H3. The van der Waals surface area contributed by atoms with Crippen LogP contribution in [0.25, 0.3) is 0 Å². The molecule has 0 aromatic carbocycles. The molecular weight excluding hydrogens is 178 g/mol. The minimum Gasteiger partial charge on any atom is -0.394 e. The summed E-state index contributed by atoms with van der Waals surface area (Å²) in [4.78, 5) is 0. The van der Waals surface area contributed by atoms with Crippen molar-refractivity contribution in [1.29, 1.82) is 0 Å². The van der Waals surface area contributed by atoms with Crippen molar-refractivity contribution in [2.45, 2.75) is 45.6 Å². The van der Waals surface area contributed by atoms with Crippen molar-refractivity contribution in [3.63, 3.8) is 0 Å². The number of hydrogen-bond donors (Lipinski definition) is 2. The van der Waals surface area contributed by atoms with E-state index in [0.717, 1.165) is 32.4 Å². The first-order valence-electron chi connectivity index (χ1n) is 5.62. The highest BCUT2D eigenvalue weighted by atomic mass is 16.5. The van der Waals surface area contributed by atoms with Crippen molar-refractivity contribution in [2.24, 2.45) is 0 Å². The van der Waals surface area contributed by atoms with E-state index in [2.05, 4.69) is 19.2 Å². The molecule has 2 N–H and O–H groups in total. The number of hydrogen-bond acceptors (Lipinski definition) is 3. The maximum Gasteiger partial charge on any atom is 0.0668 e. The van der Waals surface area contributed by atoms with E-state index in [1.54, 1.807) is 0 Å². The molecule has 0 saturated carbocycles. The Morgan fingerprint density at radius 1 is 1.29 bits per heavy atom. The Balaban J connectivity index is 3.63. The second kappa shape index (κ2) is 8.21. The largest absolute Gasteiger partial charge is 0.394 e.